The zero-order valence-corrected chi connectivity index (χ0v) is 10.8. The Bertz CT molecular complexity index is 474. The van der Waals surface area contributed by atoms with E-state index in [1.807, 2.05) is 19.9 Å². The van der Waals surface area contributed by atoms with E-state index in [0.29, 0.717) is 4.47 Å². The number of phenolic OH excluding ortho intramolecular Hbond substituents is 1. The van der Waals surface area contributed by atoms with Crippen LogP contribution in [0.3, 0.4) is 0 Å². The lowest BCUT2D eigenvalue weighted by Gasteiger charge is -2.17. The van der Waals surface area contributed by atoms with Gasteiger partial charge in [-0.1, -0.05) is 0 Å². The highest BCUT2D eigenvalue weighted by Gasteiger charge is 2.48. The van der Waals surface area contributed by atoms with Crippen molar-refractivity contribution in [2.45, 2.75) is 32.2 Å². The predicted octanol–water partition coefficient (Wildman–Crippen LogP) is 3.10. The molecule has 1 aromatic carbocycles. The van der Waals surface area contributed by atoms with Crippen LogP contribution in [0.5, 0.6) is 5.75 Å². The minimum absolute atomic E-state index is 0.194. The fraction of sp³-hybridized carbons (Fsp3) is 0.417. The lowest BCUT2D eigenvalue weighted by Crippen LogP contribution is -2.07. The van der Waals surface area contributed by atoms with Crippen molar-refractivity contribution >= 4 is 22.0 Å². The first kappa shape index (κ1) is 11.4. The largest absolute Gasteiger partial charge is 0.506 e. The number of benzene rings is 1. The molecule has 0 amide bonds. The van der Waals surface area contributed by atoms with E-state index >= 15 is 0 Å². The van der Waals surface area contributed by atoms with Gasteiger partial charge in [0.15, 0.2) is 0 Å². The van der Waals surface area contributed by atoms with Crippen molar-refractivity contribution < 1.29 is 9.90 Å². The van der Waals surface area contributed by atoms with E-state index in [-0.39, 0.29) is 5.75 Å². The Morgan fingerprint density at radius 3 is 2.62 bits per heavy atom. The highest BCUT2D eigenvalue weighted by molar-refractivity contribution is 9.10. The fourth-order valence-corrected chi connectivity index (χ4v) is 2.60. The van der Waals surface area contributed by atoms with Gasteiger partial charge in [0, 0.05) is 5.56 Å². The zero-order valence-electron chi connectivity index (χ0n) is 9.17. The second-order valence-corrected chi connectivity index (χ2v) is 5.11. The molecule has 16 heavy (non-hydrogen) atoms. The quantitative estimate of drug-likeness (QED) is 0.669. The van der Waals surface area contributed by atoms with E-state index in [0.717, 1.165) is 29.5 Å². The summed E-state index contributed by atoms with van der Waals surface area (Å²) in [7, 11) is 0. The Kier molecular flexibility index (Phi) is 2.64. The fourth-order valence-electron chi connectivity index (χ4n) is 2.05. The van der Waals surface area contributed by atoms with Crippen LogP contribution in [0.4, 0.5) is 0 Å². The van der Waals surface area contributed by atoms with Gasteiger partial charge in [-0.15, -0.1) is 0 Å². The van der Waals surface area contributed by atoms with Crippen molar-refractivity contribution in [3.8, 4) is 5.75 Å². The average molecular weight is 282 g/mol. The third kappa shape index (κ3) is 1.58. The maximum absolute atomic E-state index is 10.4. The maximum Gasteiger partial charge on any atom is 0.235 e. The molecule has 4 heteroatoms. The van der Waals surface area contributed by atoms with E-state index in [1.165, 1.54) is 0 Å². The number of carbonyl (C=O) groups excluding carboxylic acids is 1. The molecule has 0 atom stereocenters. The molecule has 0 saturated heterocycles. The van der Waals surface area contributed by atoms with E-state index < -0.39 is 5.54 Å². The van der Waals surface area contributed by atoms with Gasteiger partial charge in [-0.05, 0) is 59.8 Å². The molecule has 2 rings (SSSR count). The number of phenols is 1. The third-order valence-corrected chi connectivity index (χ3v) is 3.83. The van der Waals surface area contributed by atoms with Crippen LogP contribution < -0.4 is 0 Å². The number of hydrogen-bond acceptors (Lipinski definition) is 3. The van der Waals surface area contributed by atoms with Crippen molar-refractivity contribution in [1.29, 1.82) is 0 Å². The lowest BCUT2D eigenvalue weighted by molar-refractivity contribution is 0.454. The number of aliphatic imine (C=N–C) groups is 1. The molecule has 0 aromatic heterocycles. The van der Waals surface area contributed by atoms with E-state index in [4.69, 9.17) is 0 Å². The Balaban J connectivity index is 2.69. The molecule has 0 spiro atoms. The van der Waals surface area contributed by atoms with Crippen LogP contribution in [0.1, 0.15) is 29.5 Å². The van der Waals surface area contributed by atoms with Gasteiger partial charge in [0.2, 0.25) is 6.08 Å². The molecule has 1 N–H and O–H groups in total. The number of halogens is 1. The molecule has 3 nitrogen and oxygen atoms in total. The molecule has 0 radical (unpaired) electrons. The molecule has 1 aliphatic carbocycles. The van der Waals surface area contributed by atoms with E-state index in [2.05, 4.69) is 20.9 Å². The Labute approximate surface area is 102 Å². The second kappa shape index (κ2) is 3.72. The van der Waals surface area contributed by atoms with Crippen molar-refractivity contribution in [2.75, 3.05) is 0 Å². The van der Waals surface area contributed by atoms with Gasteiger partial charge in [0.25, 0.3) is 0 Å². The average Bonchev–Trinajstić information content (AvgIpc) is 2.97. The van der Waals surface area contributed by atoms with Crippen LogP contribution in [0.15, 0.2) is 15.5 Å². The first-order valence-corrected chi connectivity index (χ1v) is 5.89. The molecule has 0 bridgehead atoms. The van der Waals surface area contributed by atoms with Crippen LogP contribution >= 0.6 is 15.9 Å². The first-order chi connectivity index (χ1) is 7.52. The standard InChI is InChI=1S/C12H12BrNO2/c1-7-5-9(13)11(16)10(8(7)2)12(3-4-12)14-6-15/h5,16H,3-4H2,1-2H3. The molecule has 0 aliphatic heterocycles. The Hall–Kier alpha value is -1.12. The van der Waals surface area contributed by atoms with Gasteiger partial charge in [-0.2, -0.15) is 4.99 Å². The lowest BCUT2D eigenvalue weighted by atomic mass is 9.95. The van der Waals surface area contributed by atoms with Crippen LogP contribution in [0, 0.1) is 13.8 Å². The number of nitrogens with zero attached hydrogens (tertiary/aromatic N) is 1. The van der Waals surface area contributed by atoms with Gasteiger partial charge in [0.05, 0.1) is 4.47 Å². The molecular weight excluding hydrogens is 270 g/mol. The molecule has 1 aromatic rings. The SMILES string of the molecule is Cc1cc(Br)c(O)c(C2(N=C=O)CC2)c1C. The number of aromatic hydroxyl groups is 1. The second-order valence-electron chi connectivity index (χ2n) is 4.26. The summed E-state index contributed by atoms with van der Waals surface area (Å²) in [6.45, 7) is 3.92. The third-order valence-electron chi connectivity index (χ3n) is 3.22. The minimum Gasteiger partial charge on any atom is -0.506 e. The molecule has 0 heterocycles. The van der Waals surface area contributed by atoms with Crippen LogP contribution in [0.2, 0.25) is 0 Å². The Morgan fingerprint density at radius 2 is 2.12 bits per heavy atom. The molecule has 1 fully saturated rings. The molecule has 1 aliphatic rings. The summed E-state index contributed by atoms with van der Waals surface area (Å²) in [5.41, 5.74) is 2.32. The minimum atomic E-state index is -0.523. The number of isocyanates is 1. The maximum atomic E-state index is 10.4. The predicted molar refractivity (Wildman–Crippen MR) is 64.3 cm³/mol. The van der Waals surface area contributed by atoms with Gasteiger partial charge < -0.3 is 5.11 Å². The van der Waals surface area contributed by atoms with Gasteiger partial charge in [0.1, 0.15) is 11.3 Å². The van der Waals surface area contributed by atoms with Crippen molar-refractivity contribution in [1.82, 2.24) is 0 Å². The van der Waals surface area contributed by atoms with E-state index in [9.17, 15) is 9.90 Å². The summed E-state index contributed by atoms with van der Waals surface area (Å²) in [5.74, 6) is 0.194. The van der Waals surface area contributed by atoms with Crippen molar-refractivity contribution in [3.05, 3.63) is 27.2 Å². The Morgan fingerprint density at radius 1 is 1.50 bits per heavy atom. The summed E-state index contributed by atoms with van der Waals surface area (Å²) >= 11 is 3.31. The highest BCUT2D eigenvalue weighted by Crippen LogP contribution is 2.54. The molecule has 0 unspecified atom stereocenters. The summed E-state index contributed by atoms with van der Waals surface area (Å²) in [4.78, 5) is 14.3. The van der Waals surface area contributed by atoms with Crippen LogP contribution in [0.25, 0.3) is 0 Å². The molecule has 84 valence electrons. The van der Waals surface area contributed by atoms with E-state index in [1.54, 1.807) is 6.08 Å². The number of rotatable bonds is 2. The summed E-state index contributed by atoms with van der Waals surface area (Å²) in [5, 5.41) is 10.1. The van der Waals surface area contributed by atoms with Crippen LogP contribution in [-0.4, -0.2) is 11.2 Å². The monoisotopic (exact) mass is 281 g/mol. The zero-order chi connectivity index (χ0) is 11.9. The van der Waals surface area contributed by atoms with Crippen molar-refractivity contribution in [3.63, 3.8) is 0 Å². The summed E-state index contributed by atoms with van der Waals surface area (Å²) in [6, 6.07) is 1.87. The van der Waals surface area contributed by atoms with Gasteiger partial charge >= 0.3 is 0 Å². The van der Waals surface area contributed by atoms with Gasteiger partial charge in [-0.3, -0.25) is 0 Å². The van der Waals surface area contributed by atoms with Crippen molar-refractivity contribution in [2.24, 2.45) is 4.99 Å². The number of aryl methyl sites for hydroxylation is 1. The molecular formula is C12H12BrNO2. The first-order valence-electron chi connectivity index (χ1n) is 5.10. The summed E-state index contributed by atoms with van der Waals surface area (Å²) < 4.78 is 0.651. The normalized spacial score (nSPS) is 16.7. The highest BCUT2D eigenvalue weighted by atomic mass is 79.9. The van der Waals surface area contributed by atoms with Crippen LogP contribution in [-0.2, 0) is 10.3 Å². The van der Waals surface area contributed by atoms with Gasteiger partial charge in [-0.25, -0.2) is 4.79 Å². The smallest absolute Gasteiger partial charge is 0.235 e. The summed E-state index contributed by atoms with van der Waals surface area (Å²) in [6.07, 6.45) is 3.21. The number of hydrogen-bond donors (Lipinski definition) is 1. The topological polar surface area (TPSA) is 49.7 Å². The molecule has 1 saturated carbocycles.